The molecule has 16 heavy (non-hydrogen) atoms. The molecule has 0 saturated heterocycles. The minimum atomic E-state index is 0.759. The fourth-order valence-electron chi connectivity index (χ4n) is 1.86. The first-order chi connectivity index (χ1) is 7.83. The first kappa shape index (κ1) is 9.15. The summed E-state index contributed by atoms with van der Waals surface area (Å²) >= 11 is 0. The van der Waals surface area contributed by atoms with Crippen molar-refractivity contribution in [1.82, 2.24) is 5.01 Å². The summed E-state index contributed by atoms with van der Waals surface area (Å²) in [5.41, 5.74) is 8.50. The van der Waals surface area contributed by atoms with E-state index in [0.717, 1.165) is 35.9 Å². The number of amidine groups is 1. The molecule has 0 bridgehead atoms. The van der Waals surface area contributed by atoms with Crippen molar-refractivity contribution in [3.05, 3.63) is 42.0 Å². The molecule has 4 nitrogen and oxygen atoms in total. The van der Waals surface area contributed by atoms with E-state index >= 15 is 0 Å². The number of aliphatic imine (C=N–C) groups is 1. The Balaban J connectivity index is 1.97. The van der Waals surface area contributed by atoms with Crippen LogP contribution in [0.25, 0.3) is 0 Å². The lowest BCUT2D eigenvalue weighted by Crippen LogP contribution is -2.25. The molecule has 0 radical (unpaired) electrons. The van der Waals surface area contributed by atoms with Gasteiger partial charge in [0.2, 0.25) is 0 Å². The summed E-state index contributed by atoms with van der Waals surface area (Å²) in [5, 5.41) is 6.46. The number of fused-ring (bicyclic) bond motifs is 1. The highest BCUT2D eigenvalue weighted by Crippen LogP contribution is 2.15. The zero-order valence-corrected chi connectivity index (χ0v) is 8.80. The normalized spacial score (nSPS) is 18.1. The first-order valence-corrected chi connectivity index (χ1v) is 5.27. The average Bonchev–Trinajstić information content (AvgIpc) is 2.75. The highest BCUT2D eigenvalue weighted by Gasteiger charge is 2.18. The maximum Gasteiger partial charge on any atom is 0.144 e. The van der Waals surface area contributed by atoms with E-state index in [2.05, 4.69) is 10.1 Å². The van der Waals surface area contributed by atoms with E-state index in [9.17, 15) is 0 Å². The Morgan fingerprint density at radius 1 is 1.25 bits per heavy atom. The van der Waals surface area contributed by atoms with Crippen LogP contribution in [0.5, 0.6) is 0 Å². The van der Waals surface area contributed by atoms with Crippen molar-refractivity contribution in [2.45, 2.75) is 0 Å². The largest absolute Gasteiger partial charge is 0.399 e. The Bertz CT molecular complexity index is 514. The van der Waals surface area contributed by atoms with Gasteiger partial charge in [0.25, 0.3) is 0 Å². The Morgan fingerprint density at radius 2 is 2.19 bits per heavy atom. The van der Waals surface area contributed by atoms with Crippen molar-refractivity contribution in [3.8, 4) is 0 Å². The Labute approximate surface area is 93.8 Å². The van der Waals surface area contributed by atoms with Gasteiger partial charge in [0.1, 0.15) is 5.84 Å². The summed E-state index contributed by atoms with van der Waals surface area (Å²) in [4.78, 5) is 4.33. The van der Waals surface area contributed by atoms with Gasteiger partial charge in [-0.25, -0.2) is 5.01 Å². The molecular weight excluding hydrogens is 200 g/mol. The summed E-state index contributed by atoms with van der Waals surface area (Å²) in [6, 6.07) is 7.76. The smallest absolute Gasteiger partial charge is 0.144 e. The van der Waals surface area contributed by atoms with E-state index < -0.39 is 0 Å². The van der Waals surface area contributed by atoms with E-state index in [0.29, 0.717) is 0 Å². The molecule has 0 fully saturated rings. The topological polar surface area (TPSA) is 54.0 Å². The van der Waals surface area contributed by atoms with Crippen LogP contribution in [0.2, 0.25) is 0 Å². The molecule has 1 aromatic rings. The molecule has 1 aromatic carbocycles. The molecule has 2 aliphatic heterocycles. The van der Waals surface area contributed by atoms with Crippen LogP contribution >= 0.6 is 0 Å². The summed E-state index contributed by atoms with van der Waals surface area (Å²) in [7, 11) is 0. The van der Waals surface area contributed by atoms with Crippen LogP contribution in [-0.2, 0) is 0 Å². The molecule has 80 valence electrons. The number of nitrogens with two attached hydrogens (primary N) is 1. The molecule has 0 atom stereocenters. The van der Waals surface area contributed by atoms with Crippen molar-refractivity contribution in [3.63, 3.8) is 0 Å². The number of rotatable bonds is 1. The average molecular weight is 212 g/mol. The molecule has 0 aliphatic carbocycles. The summed E-state index contributed by atoms with van der Waals surface area (Å²) in [6.07, 6.45) is 3.98. The predicted octanol–water partition coefficient (Wildman–Crippen LogP) is 1.26. The number of hydrogen-bond donors (Lipinski definition) is 1. The van der Waals surface area contributed by atoms with Gasteiger partial charge >= 0.3 is 0 Å². The van der Waals surface area contributed by atoms with E-state index in [-0.39, 0.29) is 0 Å². The minimum Gasteiger partial charge on any atom is -0.399 e. The Morgan fingerprint density at radius 3 is 3.06 bits per heavy atom. The number of anilines is 1. The number of nitrogen functional groups attached to an aromatic ring is 1. The van der Waals surface area contributed by atoms with Crippen LogP contribution in [0.3, 0.4) is 0 Å². The standard InChI is InChI=1S/C12H12N4/c13-10-3-1-2-9(8-10)11-4-5-12-14-6-7-16(12)15-11/h1-5,8H,6-7,13H2. The second-order valence-electron chi connectivity index (χ2n) is 3.81. The van der Waals surface area contributed by atoms with Gasteiger partial charge in [-0.2, -0.15) is 5.10 Å². The minimum absolute atomic E-state index is 0.759. The van der Waals surface area contributed by atoms with E-state index in [1.54, 1.807) is 0 Å². The van der Waals surface area contributed by atoms with Crippen LogP contribution in [0.15, 0.2) is 46.5 Å². The van der Waals surface area contributed by atoms with Gasteiger partial charge in [0.05, 0.1) is 18.8 Å². The quantitative estimate of drug-likeness (QED) is 0.712. The van der Waals surface area contributed by atoms with Crippen molar-refractivity contribution in [1.29, 1.82) is 0 Å². The predicted molar refractivity (Wildman–Crippen MR) is 65.5 cm³/mol. The summed E-state index contributed by atoms with van der Waals surface area (Å²) < 4.78 is 0. The molecular formula is C12H12N4. The third-order valence-corrected chi connectivity index (χ3v) is 2.65. The number of nitrogens with zero attached hydrogens (tertiary/aromatic N) is 3. The second kappa shape index (κ2) is 3.48. The zero-order valence-electron chi connectivity index (χ0n) is 8.80. The van der Waals surface area contributed by atoms with Crippen LogP contribution in [0.1, 0.15) is 5.56 Å². The van der Waals surface area contributed by atoms with Crippen LogP contribution < -0.4 is 5.73 Å². The number of hydrazone groups is 1. The van der Waals surface area contributed by atoms with E-state index in [4.69, 9.17) is 5.73 Å². The van der Waals surface area contributed by atoms with Gasteiger partial charge in [-0.1, -0.05) is 12.1 Å². The van der Waals surface area contributed by atoms with Crippen LogP contribution in [0, 0.1) is 0 Å². The zero-order chi connectivity index (χ0) is 11.0. The number of allylic oxidation sites excluding steroid dienone is 1. The van der Waals surface area contributed by atoms with Crippen molar-refractivity contribution >= 4 is 17.2 Å². The highest BCUT2D eigenvalue weighted by molar-refractivity contribution is 6.14. The summed E-state index contributed by atoms with van der Waals surface area (Å²) in [6.45, 7) is 1.69. The Kier molecular flexibility index (Phi) is 1.99. The Hall–Kier alpha value is -2.10. The lowest BCUT2D eigenvalue weighted by Gasteiger charge is -2.17. The van der Waals surface area contributed by atoms with Gasteiger partial charge in [-0.05, 0) is 24.3 Å². The fraction of sp³-hybridized carbons (Fsp3) is 0.167. The fourth-order valence-corrected chi connectivity index (χ4v) is 1.86. The molecule has 0 unspecified atom stereocenters. The molecule has 2 N–H and O–H groups in total. The van der Waals surface area contributed by atoms with E-state index in [1.165, 1.54) is 0 Å². The van der Waals surface area contributed by atoms with Crippen LogP contribution in [-0.4, -0.2) is 29.6 Å². The molecule has 2 aliphatic rings. The van der Waals surface area contributed by atoms with Gasteiger partial charge in [-0.3, -0.25) is 4.99 Å². The maximum absolute atomic E-state index is 5.76. The molecule has 0 amide bonds. The highest BCUT2D eigenvalue weighted by atomic mass is 15.5. The monoisotopic (exact) mass is 212 g/mol. The number of hydrogen-bond acceptors (Lipinski definition) is 4. The van der Waals surface area contributed by atoms with Crippen LogP contribution in [0.4, 0.5) is 5.69 Å². The SMILES string of the molecule is Nc1cccc(C2=NN3CCN=C3C=C2)c1. The van der Waals surface area contributed by atoms with Crippen molar-refractivity contribution in [2.24, 2.45) is 10.1 Å². The van der Waals surface area contributed by atoms with Gasteiger partial charge in [0.15, 0.2) is 0 Å². The molecule has 0 aromatic heterocycles. The third-order valence-electron chi connectivity index (χ3n) is 2.65. The van der Waals surface area contributed by atoms with Crippen molar-refractivity contribution in [2.75, 3.05) is 18.8 Å². The first-order valence-electron chi connectivity index (χ1n) is 5.27. The third kappa shape index (κ3) is 1.48. The maximum atomic E-state index is 5.76. The molecule has 0 saturated carbocycles. The number of benzene rings is 1. The molecule has 3 rings (SSSR count). The lowest BCUT2D eigenvalue weighted by molar-refractivity contribution is 0.490. The van der Waals surface area contributed by atoms with Gasteiger partial charge in [-0.15, -0.1) is 0 Å². The summed E-state index contributed by atoms with van der Waals surface area (Å²) in [5.74, 6) is 0.952. The lowest BCUT2D eigenvalue weighted by atomic mass is 10.1. The molecule has 4 heteroatoms. The molecule has 2 heterocycles. The second-order valence-corrected chi connectivity index (χ2v) is 3.81. The van der Waals surface area contributed by atoms with Gasteiger partial charge < -0.3 is 5.73 Å². The van der Waals surface area contributed by atoms with Crippen molar-refractivity contribution < 1.29 is 0 Å². The van der Waals surface area contributed by atoms with E-state index in [1.807, 2.05) is 41.4 Å². The molecule has 0 spiro atoms. The van der Waals surface area contributed by atoms with Gasteiger partial charge in [0, 0.05) is 11.3 Å².